The fraction of sp³-hybridized carbons (Fsp3) is 0.500. The summed E-state index contributed by atoms with van der Waals surface area (Å²) in [5.74, 6) is -4.57. The summed E-state index contributed by atoms with van der Waals surface area (Å²) in [6.07, 6.45) is -3.32. The Morgan fingerprint density at radius 2 is 1.94 bits per heavy atom. The second-order valence-electron chi connectivity index (χ2n) is 3.96. The zero-order chi connectivity index (χ0) is 13.8. The molecular formula is C12H14F5N. The van der Waals surface area contributed by atoms with E-state index in [1.165, 1.54) is 18.2 Å². The van der Waals surface area contributed by atoms with Gasteiger partial charge < -0.3 is 5.32 Å². The average molecular weight is 267 g/mol. The molecule has 0 bridgehead atoms. The second-order valence-corrected chi connectivity index (χ2v) is 3.96. The van der Waals surface area contributed by atoms with Crippen LogP contribution in [0, 0.1) is 5.82 Å². The van der Waals surface area contributed by atoms with E-state index in [2.05, 4.69) is 5.32 Å². The average Bonchev–Trinajstić information content (AvgIpc) is 2.29. The van der Waals surface area contributed by atoms with Crippen LogP contribution in [0.4, 0.5) is 22.0 Å². The quantitative estimate of drug-likeness (QED) is 0.774. The number of nitrogens with one attached hydrogen (secondary N) is 1. The predicted octanol–water partition coefficient (Wildman–Crippen LogP) is 3.77. The summed E-state index contributed by atoms with van der Waals surface area (Å²) < 4.78 is 62.4. The highest BCUT2D eigenvalue weighted by Crippen LogP contribution is 2.24. The summed E-state index contributed by atoms with van der Waals surface area (Å²) in [6, 6.07) is 4.85. The van der Waals surface area contributed by atoms with Gasteiger partial charge >= 0.3 is 12.3 Å². The Morgan fingerprint density at radius 3 is 2.44 bits per heavy atom. The predicted molar refractivity (Wildman–Crippen MR) is 58.4 cm³/mol. The lowest BCUT2D eigenvalue weighted by atomic mass is 10.0. The van der Waals surface area contributed by atoms with Crippen LogP contribution in [-0.2, 0) is 0 Å². The normalized spacial score (nSPS) is 13.9. The Labute approximate surface area is 102 Å². The molecule has 0 saturated heterocycles. The summed E-state index contributed by atoms with van der Waals surface area (Å²) in [5.41, 5.74) is 0.461. The Bertz CT molecular complexity index is 380. The fourth-order valence-electron chi connectivity index (χ4n) is 1.56. The summed E-state index contributed by atoms with van der Waals surface area (Å²) >= 11 is 0. The van der Waals surface area contributed by atoms with Gasteiger partial charge in [-0.2, -0.15) is 8.78 Å². The SMILES string of the molecule is CCC(NCC(F)(F)C(F)F)c1cccc(F)c1. The van der Waals surface area contributed by atoms with Crippen LogP contribution in [0.25, 0.3) is 0 Å². The lowest BCUT2D eigenvalue weighted by molar-refractivity contribution is -0.126. The molecule has 0 spiro atoms. The smallest absolute Gasteiger partial charge is 0.304 e. The third-order valence-corrected chi connectivity index (χ3v) is 2.56. The van der Waals surface area contributed by atoms with Gasteiger partial charge in [-0.15, -0.1) is 0 Å². The minimum Gasteiger partial charge on any atom is -0.304 e. The monoisotopic (exact) mass is 267 g/mol. The molecule has 6 heteroatoms. The second kappa shape index (κ2) is 6.13. The molecule has 0 aliphatic heterocycles. The van der Waals surface area contributed by atoms with Crippen LogP contribution in [0.15, 0.2) is 24.3 Å². The van der Waals surface area contributed by atoms with E-state index >= 15 is 0 Å². The first-order chi connectivity index (χ1) is 8.36. The highest BCUT2D eigenvalue weighted by Gasteiger charge is 2.40. The summed E-state index contributed by atoms with van der Waals surface area (Å²) in [7, 11) is 0. The maximum atomic E-state index is 13.0. The van der Waals surface area contributed by atoms with E-state index in [0.717, 1.165) is 0 Å². The van der Waals surface area contributed by atoms with Gasteiger partial charge in [-0.25, -0.2) is 13.2 Å². The van der Waals surface area contributed by atoms with Gasteiger partial charge in [0.2, 0.25) is 0 Å². The lowest BCUT2D eigenvalue weighted by Gasteiger charge is -2.22. The zero-order valence-electron chi connectivity index (χ0n) is 9.77. The van der Waals surface area contributed by atoms with E-state index in [1.807, 2.05) is 0 Å². The van der Waals surface area contributed by atoms with Gasteiger partial charge in [0.25, 0.3) is 0 Å². The Balaban J connectivity index is 2.69. The summed E-state index contributed by atoms with van der Waals surface area (Å²) in [4.78, 5) is 0. The molecule has 1 unspecified atom stereocenters. The largest absolute Gasteiger partial charge is 0.319 e. The molecule has 0 aliphatic carbocycles. The molecule has 1 N–H and O–H groups in total. The van der Waals surface area contributed by atoms with Gasteiger partial charge in [-0.1, -0.05) is 19.1 Å². The standard InChI is InChI=1S/C12H14F5N/c1-2-10(8-4-3-5-9(13)6-8)18-7-12(16,17)11(14)15/h3-6,10-11,18H,2,7H2,1H3. The fourth-order valence-corrected chi connectivity index (χ4v) is 1.56. The Morgan fingerprint density at radius 1 is 1.28 bits per heavy atom. The van der Waals surface area contributed by atoms with E-state index in [4.69, 9.17) is 0 Å². The number of halogens is 5. The van der Waals surface area contributed by atoms with Crippen molar-refractivity contribution in [3.05, 3.63) is 35.6 Å². The molecule has 18 heavy (non-hydrogen) atoms. The van der Waals surface area contributed by atoms with Crippen molar-refractivity contribution in [1.29, 1.82) is 0 Å². The molecule has 0 aliphatic rings. The van der Waals surface area contributed by atoms with Crippen molar-refractivity contribution in [2.45, 2.75) is 31.7 Å². The summed E-state index contributed by atoms with van der Waals surface area (Å²) in [6.45, 7) is 0.558. The molecule has 0 radical (unpaired) electrons. The minimum absolute atomic E-state index is 0.392. The first kappa shape index (κ1) is 14.9. The van der Waals surface area contributed by atoms with E-state index in [1.54, 1.807) is 13.0 Å². The molecule has 0 amide bonds. The highest BCUT2D eigenvalue weighted by atomic mass is 19.3. The molecule has 1 rings (SSSR count). The Hall–Kier alpha value is -1.17. The van der Waals surface area contributed by atoms with Crippen molar-refractivity contribution in [1.82, 2.24) is 5.32 Å². The van der Waals surface area contributed by atoms with Crippen molar-refractivity contribution in [3.63, 3.8) is 0 Å². The van der Waals surface area contributed by atoms with Gasteiger partial charge in [0.1, 0.15) is 5.82 Å². The van der Waals surface area contributed by atoms with E-state index in [0.29, 0.717) is 12.0 Å². The third-order valence-electron chi connectivity index (χ3n) is 2.56. The van der Waals surface area contributed by atoms with Gasteiger partial charge in [-0.05, 0) is 24.1 Å². The summed E-state index contributed by atoms with van der Waals surface area (Å²) in [5, 5.41) is 2.34. The van der Waals surface area contributed by atoms with Gasteiger partial charge in [-0.3, -0.25) is 0 Å². The van der Waals surface area contributed by atoms with Crippen LogP contribution >= 0.6 is 0 Å². The van der Waals surface area contributed by atoms with Gasteiger partial charge in [0.05, 0.1) is 6.54 Å². The molecule has 0 aromatic heterocycles. The number of alkyl halides is 4. The molecule has 0 fully saturated rings. The topological polar surface area (TPSA) is 12.0 Å². The molecular weight excluding hydrogens is 253 g/mol. The van der Waals surface area contributed by atoms with Crippen LogP contribution in [-0.4, -0.2) is 18.9 Å². The van der Waals surface area contributed by atoms with Crippen LogP contribution < -0.4 is 5.32 Å². The van der Waals surface area contributed by atoms with Crippen molar-refractivity contribution in [3.8, 4) is 0 Å². The molecule has 0 saturated carbocycles. The van der Waals surface area contributed by atoms with Crippen molar-refractivity contribution in [2.75, 3.05) is 6.54 Å². The third kappa shape index (κ3) is 3.94. The van der Waals surface area contributed by atoms with Crippen LogP contribution in [0.5, 0.6) is 0 Å². The highest BCUT2D eigenvalue weighted by molar-refractivity contribution is 5.20. The minimum atomic E-state index is -4.08. The van der Waals surface area contributed by atoms with Crippen molar-refractivity contribution >= 4 is 0 Å². The molecule has 102 valence electrons. The molecule has 1 aromatic carbocycles. The van der Waals surface area contributed by atoms with E-state index in [9.17, 15) is 22.0 Å². The Kier molecular flexibility index (Phi) is 5.07. The zero-order valence-corrected chi connectivity index (χ0v) is 9.77. The van der Waals surface area contributed by atoms with Gasteiger partial charge in [0.15, 0.2) is 0 Å². The first-order valence-corrected chi connectivity index (χ1v) is 5.51. The van der Waals surface area contributed by atoms with Crippen LogP contribution in [0.1, 0.15) is 24.9 Å². The molecule has 1 aromatic rings. The van der Waals surface area contributed by atoms with Gasteiger partial charge in [0, 0.05) is 6.04 Å². The molecule has 1 nitrogen and oxygen atoms in total. The maximum Gasteiger partial charge on any atom is 0.319 e. The lowest BCUT2D eigenvalue weighted by Crippen LogP contribution is -2.40. The number of rotatable bonds is 6. The number of hydrogen-bond acceptors (Lipinski definition) is 1. The van der Waals surface area contributed by atoms with Crippen LogP contribution in [0.3, 0.4) is 0 Å². The number of hydrogen-bond donors (Lipinski definition) is 1. The van der Waals surface area contributed by atoms with Crippen molar-refractivity contribution in [2.24, 2.45) is 0 Å². The molecule has 0 heterocycles. The van der Waals surface area contributed by atoms with E-state index in [-0.39, 0.29) is 0 Å². The first-order valence-electron chi connectivity index (χ1n) is 5.51. The van der Waals surface area contributed by atoms with Crippen molar-refractivity contribution < 1.29 is 22.0 Å². The van der Waals surface area contributed by atoms with Crippen LogP contribution in [0.2, 0.25) is 0 Å². The molecule has 1 atom stereocenters. The van der Waals surface area contributed by atoms with E-state index < -0.39 is 30.8 Å². The maximum absolute atomic E-state index is 13.0. The number of benzene rings is 1.